The smallest absolute Gasteiger partial charge is 0.249 e. The largest absolute Gasteiger partial charge is 0.421 e. The van der Waals surface area contributed by atoms with Crippen molar-refractivity contribution >= 4 is 11.6 Å². The molecule has 1 N–H and O–H groups in total. The maximum atomic E-state index is 13.2. The molecule has 130 valence electrons. The lowest BCUT2D eigenvalue weighted by Gasteiger charge is -2.10. The number of nitrogens with zero attached hydrogens (tertiary/aromatic N) is 3. The number of nitrogens with one attached hydrogen (secondary N) is 1. The van der Waals surface area contributed by atoms with Crippen molar-refractivity contribution in [3.05, 3.63) is 53.4 Å². The second kappa shape index (κ2) is 6.88. The molecule has 7 heteroatoms. The van der Waals surface area contributed by atoms with E-state index in [9.17, 15) is 9.18 Å². The van der Waals surface area contributed by atoms with Crippen molar-refractivity contribution in [2.45, 2.75) is 33.7 Å². The van der Waals surface area contributed by atoms with Gasteiger partial charge in [-0.15, -0.1) is 10.2 Å². The lowest BCUT2D eigenvalue weighted by Crippen LogP contribution is -2.20. The summed E-state index contributed by atoms with van der Waals surface area (Å²) in [6.45, 7) is 5.86. The topological polar surface area (TPSA) is 73.0 Å². The van der Waals surface area contributed by atoms with Gasteiger partial charge in [-0.1, -0.05) is 13.0 Å². The molecule has 2 aromatic heterocycles. The first-order chi connectivity index (χ1) is 12.0. The lowest BCUT2D eigenvalue weighted by atomic mass is 10.2. The van der Waals surface area contributed by atoms with Crippen molar-refractivity contribution in [1.29, 1.82) is 0 Å². The standard InChI is InChI=1S/C18H19FN4O2/c1-4-17-21-22-18(25-17)15-8-11(2)23(12(15)3)10-16(24)20-14-7-5-6-13(19)9-14/h5-9H,4,10H2,1-3H3,(H,20,24). The van der Waals surface area contributed by atoms with Crippen LogP contribution in [0.3, 0.4) is 0 Å². The van der Waals surface area contributed by atoms with Crippen LogP contribution in [0.15, 0.2) is 34.7 Å². The molecule has 0 aliphatic rings. The van der Waals surface area contributed by atoms with Gasteiger partial charge in [0, 0.05) is 23.5 Å². The fourth-order valence-electron chi connectivity index (χ4n) is 2.68. The van der Waals surface area contributed by atoms with Gasteiger partial charge in [-0.05, 0) is 38.1 Å². The molecule has 0 fully saturated rings. The summed E-state index contributed by atoms with van der Waals surface area (Å²) in [6, 6.07) is 7.72. The van der Waals surface area contributed by atoms with Crippen molar-refractivity contribution in [1.82, 2.24) is 14.8 Å². The Morgan fingerprint density at radius 3 is 2.76 bits per heavy atom. The molecule has 0 saturated carbocycles. The van der Waals surface area contributed by atoms with Crippen LogP contribution in [0.25, 0.3) is 11.5 Å². The second-order valence-corrected chi connectivity index (χ2v) is 5.78. The molecule has 1 aromatic carbocycles. The highest BCUT2D eigenvalue weighted by molar-refractivity contribution is 5.90. The van der Waals surface area contributed by atoms with E-state index in [1.807, 2.05) is 31.4 Å². The van der Waals surface area contributed by atoms with Gasteiger partial charge < -0.3 is 14.3 Å². The van der Waals surface area contributed by atoms with E-state index in [2.05, 4.69) is 15.5 Å². The Morgan fingerprint density at radius 2 is 2.08 bits per heavy atom. The minimum atomic E-state index is -0.392. The van der Waals surface area contributed by atoms with Crippen LogP contribution < -0.4 is 5.32 Å². The third-order valence-corrected chi connectivity index (χ3v) is 3.98. The van der Waals surface area contributed by atoms with Gasteiger partial charge in [-0.3, -0.25) is 4.79 Å². The van der Waals surface area contributed by atoms with Crippen LogP contribution in [0, 0.1) is 19.7 Å². The highest BCUT2D eigenvalue weighted by Crippen LogP contribution is 2.26. The monoisotopic (exact) mass is 342 g/mol. The molecule has 0 aliphatic heterocycles. The van der Waals surface area contributed by atoms with Crippen LogP contribution in [0.1, 0.15) is 24.2 Å². The normalized spacial score (nSPS) is 10.9. The molecule has 0 unspecified atom stereocenters. The Hall–Kier alpha value is -2.96. The fourth-order valence-corrected chi connectivity index (χ4v) is 2.68. The zero-order valence-corrected chi connectivity index (χ0v) is 14.3. The summed E-state index contributed by atoms with van der Waals surface area (Å²) < 4.78 is 20.7. The number of halogens is 1. The van der Waals surface area contributed by atoms with Gasteiger partial charge in [0.1, 0.15) is 12.4 Å². The van der Waals surface area contributed by atoms with Gasteiger partial charge in [-0.2, -0.15) is 0 Å². The maximum absolute atomic E-state index is 13.2. The van der Waals surface area contributed by atoms with Gasteiger partial charge in [0.15, 0.2) is 0 Å². The molecular weight excluding hydrogens is 323 g/mol. The van der Waals surface area contributed by atoms with Gasteiger partial charge in [0.05, 0.1) is 5.56 Å². The van der Waals surface area contributed by atoms with Gasteiger partial charge >= 0.3 is 0 Å². The molecule has 25 heavy (non-hydrogen) atoms. The second-order valence-electron chi connectivity index (χ2n) is 5.78. The van der Waals surface area contributed by atoms with Crippen molar-refractivity contribution in [2.24, 2.45) is 0 Å². The van der Waals surface area contributed by atoms with E-state index in [-0.39, 0.29) is 12.5 Å². The van der Waals surface area contributed by atoms with E-state index in [0.29, 0.717) is 23.9 Å². The predicted octanol–water partition coefficient (Wildman–Crippen LogP) is 3.50. The minimum Gasteiger partial charge on any atom is -0.421 e. The Bertz CT molecular complexity index is 914. The average molecular weight is 342 g/mol. The van der Waals surface area contributed by atoms with Crippen molar-refractivity contribution in [3.63, 3.8) is 0 Å². The predicted molar refractivity (Wildman–Crippen MR) is 91.6 cm³/mol. The highest BCUT2D eigenvalue weighted by atomic mass is 19.1. The Kier molecular flexibility index (Phi) is 4.65. The first kappa shape index (κ1) is 16.9. The van der Waals surface area contributed by atoms with Gasteiger partial charge in [0.2, 0.25) is 17.7 Å². The highest BCUT2D eigenvalue weighted by Gasteiger charge is 2.17. The number of rotatable bonds is 5. The molecular formula is C18H19FN4O2. The number of aromatic nitrogens is 3. The van der Waals surface area contributed by atoms with Gasteiger partial charge in [-0.25, -0.2) is 4.39 Å². The van der Waals surface area contributed by atoms with Crippen LogP contribution in [0.4, 0.5) is 10.1 Å². The summed E-state index contributed by atoms with van der Waals surface area (Å²) in [6.07, 6.45) is 0.668. The molecule has 0 atom stereocenters. The Morgan fingerprint density at radius 1 is 1.28 bits per heavy atom. The summed E-state index contributed by atoms with van der Waals surface area (Å²) in [4.78, 5) is 12.3. The van der Waals surface area contributed by atoms with Crippen LogP contribution >= 0.6 is 0 Å². The number of anilines is 1. The minimum absolute atomic E-state index is 0.114. The molecule has 6 nitrogen and oxygen atoms in total. The third-order valence-electron chi connectivity index (χ3n) is 3.98. The molecule has 0 spiro atoms. The number of hydrogen-bond acceptors (Lipinski definition) is 4. The van der Waals surface area contributed by atoms with Crippen LogP contribution in [0.2, 0.25) is 0 Å². The Labute approximate surface area is 144 Å². The Balaban J connectivity index is 1.79. The van der Waals surface area contributed by atoms with Gasteiger partial charge in [0.25, 0.3) is 0 Å². The van der Waals surface area contributed by atoms with Crippen molar-refractivity contribution in [3.8, 4) is 11.5 Å². The number of aryl methyl sites for hydroxylation is 2. The number of carbonyl (C=O) groups is 1. The van der Waals surface area contributed by atoms with Crippen LogP contribution in [-0.2, 0) is 17.8 Å². The quantitative estimate of drug-likeness (QED) is 0.770. The van der Waals surface area contributed by atoms with E-state index in [1.165, 1.54) is 12.1 Å². The SMILES string of the molecule is CCc1nnc(-c2cc(C)n(CC(=O)Nc3cccc(F)c3)c2C)o1. The van der Waals surface area contributed by atoms with E-state index >= 15 is 0 Å². The number of carbonyl (C=O) groups excluding carboxylic acids is 1. The summed E-state index contributed by atoms with van der Waals surface area (Å²) in [5, 5.41) is 10.7. The molecule has 1 amide bonds. The van der Waals surface area contributed by atoms with E-state index in [1.54, 1.807) is 12.1 Å². The first-order valence-corrected chi connectivity index (χ1v) is 8.02. The molecule has 0 aliphatic carbocycles. The third kappa shape index (κ3) is 3.60. The first-order valence-electron chi connectivity index (χ1n) is 8.02. The molecule has 2 heterocycles. The van der Waals surface area contributed by atoms with E-state index in [0.717, 1.165) is 17.0 Å². The number of hydrogen-bond donors (Lipinski definition) is 1. The summed E-state index contributed by atoms with van der Waals surface area (Å²) >= 11 is 0. The maximum Gasteiger partial charge on any atom is 0.249 e. The summed E-state index contributed by atoms with van der Waals surface area (Å²) in [5.74, 6) is 0.389. The number of benzene rings is 1. The molecule has 3 rings (SSSR count). The van der Waals surface area contributed by atoms with Crippen molar-refractivity contribution in [2.75, 3.05) is 5.32 Å². The fraction of sp³-hybridized carbons (Fsp3) is 0.278. The summed E-state index contributed by atoms with van der Waals surface area (Å²) in [5.41, 5.74) is 3.00. The van der Waals surface area contributed by atoms with Crippen LogP contribution in [0.5, 0.6) is 0 Å². The average Bonchev–Trinajstić information content (AvgIpc) is 3.15. The lowest BCUT2D eigenvalue weighted by molar-refractivity contribution is -0.116. The van der Waals surface area contributed by atoms with Crippen LogP contribution in [-0.4, -0.2) is 20.7 Å². The van der Waals surface area contributed by atoms with E-state index < -0.39 is 5.82 Å². The van der Waals surface area contributed by atoms with Crippen molar-refractivity contribution < 1.29 is 13.6 Å². The molecule has 0 radical (unpaired) electrons. The number of amides is 1. The zero-order chi connectivity index (χ0) is 18.0. The molecule has 0 bridgehead atoms. The molecule has 0 saturated heterocycles. The zero-order valence-electron chi connectivity index (χ0n) is 14.3. The molecule has 3 aromatic rings. The summed E-state index contributed by atoms with van der Waals surface area (Å²) in [7, 11) is 0. The van der Waals surface area contributed by atoms with E-state index in [4.69, 9.17) is 4.42 Å².